The number of nitrogens with two attached hydrogens (primary N) is 1. The number of benzene rings is 2. The Labute approximate surface area is 263 Å². The van der Waals surface area contributed by atoms with E-state index in [-0.39, 0.29) is 48.5 Å². The molecule has 246 valence electrons. The van der Waals surface area contributed by atoms with Gasteiger partial charge in [0.15, 0.2) is 17.4 Å². The van der Waals surface area contributed by atoms with E-state index in [1.807, 2.05) is 13.8 Å². The van der Waals surface area contributed by atoms with Crippen LogP contribution in [0.5, 0.6) is 5.75 Å². The second-order valence-corrected chi connectivity index (χ2v) is 11.5. The van der Waals surface area contributed by atoms with E-state index < -0.39 is 58.4 Å². The summed E-state index contributed by atoms with van der Waals surface area (Å²) in [5.41, 5.74) is 4.14. The summed E-state index contributed by atoms with van der Waals surface area (Å²) >= 11 is 0. The SMILES string of the molecule is Cc1ccc(C(=O)c2ccc(=O)n(-c3c(F)cc(OCC[C@H](NC(=O)OCC(C)C)C(=O)OC4CCCC4)cc3F)c2N)c(F)c1. The molecule has 0 unspecified atom stereocenters. The molecular weight excluding hydrogens is 607 g/mol. The second kappa shape index (κ2) is 15.0. The number of esters is 1. The quantitative estimate of drug-likeness (QED) is 0.198. The minimum absolute atomic E-state index is 0.0658. The third-order valence-electron chi connectivity index (χ3n) is 7.34. The molecule has 1 saturated carbocycles. The van der Waals surface area contributed by atoms with Crippen molar-refractivity contribution in [2.24, 2.45) is 5.92 Å². The highest BCUT2D eigenvalue weighted by Gasteiger charge is 2.28. The summed E-state index contributed by atoms with van der Waals surface area (Å²) in [4.78, 5) is 50.9. The number of nitrogens with one attached hydrogen (secondary N) is 1. The lowest BCUT2D eigenvalue weighted by Crippen LogP contribution is -2.44. The number of hydrogen-bond donors (Lipinski definition) is 2. The predicted octanol–water partition coefficient (Wildman–Crippen LogP) is 5.38. The van der Waals surface area contributed by atoms with Gasteiger partial charge in [0.05, 0.1) is 24.3 Å². The summed E-state index contributed by atoms with van der Waals surface area (Å²) in [6, 6.07) is 6.31. The molecular formula is C33H36F3N3O7. The lowest BCUT2D eigenvalue weighted by molar-refractivity contribution is -0.151. The van der Waals surface area contributed by atoms with Gasteiger partial charge < -0.3 is 25.3 Å². The molecule has 3 aromatic rings. The van der Waals surface area contributed by atoms with Crippen LogP contribution in [0.3, 0.4) is 0 Å². The first-order valence-electron chi connectivity index (χ1n) is 14.9. The van der Waals surface area contributed by atoms with Gasteiger partial charge in [-0.3, -0.25) is 14.2 Å². The van der Waals surface area contributed by atoms with Crippen LogP contribution in [0.4, 0.5) is 23.8 Å². The number of rotatable bonds is 12. The number of pyridine rings is 1. The molecule has 4 rings (SSSR count). The lowest BCUT2D eigenvalue weighted by Gasteiger charge is -2.21. The number of carbonyl (C=O) groups is 3. The van der Waals surface area contributed by atoms with Crippen LogP contribution in [-0.4, -0.2) is 47.8 Å². The minimum Gasteiger partial charge on any atom is -0.493 e. The van der Waals surface area contributed by atoms with E-state index in [9.17, 15) is 23.6 Å². The molecule has 1 fully saturated rings. The number of nitrogen functional groups attached to an aromatic ring is 1. The first-order valence-corrected chi connectivity index (χ1v) is 14.9. The Morgan fingerprint density at radius 1 is 0.978 bits per heavy atom. The number of aromatic nitrogens is 1. The van der Waals surface area contributed by atoms with Gasteiger partial charge in [-0.25, -0.2) is 22.8 Å². The van der Waals surface area contributed by atoms with Crippen molar-refractivity contribution in [3.05, 3.63) is 87.0 Å². The number of hydrogen-bond acceptors (Lipinski definition) is 8. The lowest BCUT2D eigenvalue weighted by atomic mass is 10.0. The number of aryl methyl sites for hydroxylation is 1. The number of nitrogens with zero attached hydrogens (tertiary/aromatic N) is 1. The molecule has 0 aliphatic heterocycles. The number of halogens is 3. The van der Waals surface area contributed by atoms with Crippen LogP contribution in [0.2, 0.25) is 0 Å². The molecule has 1 aliphatic carbocycles. The van der Waals surface area contributed by atoms with Crippen LogP contribution in [0.1, 0.15) is 67.4 Å². The molecule has 0 bridgehead atoms. The van der Waals surface area contributed by atoms with Gasteiger partial charge in [-0.1, -0.05) is 19.9 Å². The maximum absolute atomic E-state index is 15.4. The van der Waals surface area contributed by atoms with Gasteiger partial charge in [-0.05, 0) is 62.3 Å². The fourth-order valence-corrected chi connectivity index (χ4v) is 4.99. The topological polar surface area (TPSA) is 139 Å². The number of amides is 1. The highest BCUT2D eigenvalue weighted by molar-refractivity contribution is 6.12. The van der Waals surface area contributed by atoms with Gasteiger partial charge in [0.1, 0.15) is 35.2 Å². The Morgan fingerprint density at radius 3 is 2.26 bits per heavy atom. The maximum atomic E-state index is 15.4. The summed E-state index contributed by atoms with van der Waals surface area (Å²) in [7, 11) is 0. The highest BCUT2D eigenvalue weighted by Crippen LogP contribution is 2.28. The highest BCUT2D eigenvalue weighted by atomic mass is 19.1. The van der Waals surface area contributed by atoms with Crippen LogP contribution in [0.25, 0.3) is 5.69 Å². The molecule has 1 heterocycles. The first kappa shape index (κ1) is 34.1. The number of ether oxygens (including phenoxy) is 3. The Hall–Kier alpha value is -4.81. The largest absolute Gasteiger partial charge is 0.493 e. The number of carbonyl (C=O) groups excluding carboxylic acids is 3. The van der Waals surface area contributed by atoms with Gasteiger partial charge in [-0.15, -0.1) is 0 Å². The van der Waals surface area contributed by atoms with E-state index in [1.165, 1.54) is 12.1 Å². The summed E-state index contributed by atoms with van der Waals surface area (Å²) in [5, 5.41) is 2.46. The predicted molar refractivity (Wildman–Crippen MR) is 163 cm³/mol. The molecule has 1 aromatic heterocycles. The van der Waals surface area contributed by atoms with Crippen LogP contribution in [0.15, 0.2) is 47.3 Å². The van der Waals surface area contributed by atoms with Gasteiger partial charge in [0, 0.05) is 24.6 Å². The number of ketones is 1. The molecule has 0 spiro atoms. The number of anilines is 1. The molecule has 46 heavy (non-hydrogen) atoms. The smallest absolute Gasteiger partial charge is 0.407 e. The molecule has 1 atom stereocenters. The first-order chi connectivity index (χ1) is 21.8. The third kappa shape index (κ3) is 8.26. The normalized spacial score (nSPS) is 13.8. The Balaban J connectivity index is 1.52. The van der Waals surface area contributed by atoms with Gasteiger partial charge in [0.2, 0.25) is 0 Å². The molecule has 10 nitrogen and oxygen atoms in total. The molecule has 13 heteroatoms. The zero-order chi connectivity index (χ0) is 33.5. The second-order valence-electron chi connectivity index (χ2n) is 11.5. The molecule has 3 N–H and O–H groups in total. The zero-order valence-electron chi connectivity index (χ0n) is 25.7. The van der Waals surface area contributed by atoms with Crippen LogP contribution >= 0.6 is 0 Å². The van der Waals surface area contributed by atoms with Crippen molar-refractivity contribution in [1.82, 2.24) is 9.88 Å². The fourth-order valence-electron chi connectivity index (χ4n) is 4.99. The van der Waals surface area contributed by atoms with Crippen molar-refractivity contribution in [2.75, 3.05) is 18.9 Å². The fraction of sp³-hybridized carbons (Fsp3) is 0.394. The summed E-state index contributed by atoms with van der Waals surface area (Å²) in [5.74, 6) is -5.70. The molecule has 0 radical (unpaired) electrons. The third-order valence-corrected chi connectivity index (χ3v) is 7.34. The van der Waals surface area contributed by atoms with Crippen molar-refractivity contribution in [3.63, 3.8) is 0 Å². The van der Waals surface area contributed by atoms with E-state index in [1.54, 1.807) is 6.92 Å². The molecule has 1 aliphatic rings. The van der Waals surface area contributed by atoms with Gasteiger partial charge in [-0.2, -0.15) is 0 Å². The molecule has 2 aromatic carbocycles. The van der Waals surface area contributed by atoms with E-state index in [0.717, 1.165) is 43.2 Å². The maximum Gasteiger partial charge on any atom is 0.407 e. The Morgan fingerprint density at radius 2 is 1.63 bits per heavy atom. The van der Waals surface area contributed by atoms with Gasteiger partial charge in [0.25, 0.3) is 5.56 Å². The van der Waals surface area contributed by atoms with E-state index >= 15 is 8.78 Å². The van der Waals surface area contributed by atoms with E-state index in [4.69, 9.17) is 19.9 Å². The number of alkyl carbamates (subject to hydrolysis) is 1. The van der Waals surface area contributed by atoms with Crippen LogP contribution < -0.4 is 21.3 Å². The Bertz CT molecular complexity index is 1650. The van der Waals surface area contributed by atoms with Crippen molar-refractivity contribution >= 4 is 23.7 Å². The molecule has 0 saturated heterocycles. The van der Waals surface area contributed by atoms with E-state index in [0.29, 0.717) is 23.0 Å². The standard InChI is InChI=1S/C33H36F3N3O7/c1-18(2)17-45-33(43)38-27(32(42)46-20-6-4-5-7-20)12-13-44-21-15-25(35)29(26(36)16-21)39-28(40)11-10-23(31(39)37)30(41)22-9-8-19(3)14-24(22)34/h8-11,14-16,18,20,27H,4-7,12-13,17,37H2,1-3H3,(H,38,43)/t27-/m0/s1. The minimum atomic E-state index is -1.25. The van der Waals surface area contributed by atoms with Crippen molar-refractivity contribution in [1.29, 1.82) is 0 Å². The average Bonchev–Trinajstić information content (AvgIpc) is 3.49. The summed E-state index contributed by atoms with van der Waals surface area (Å²) in [6.45, 7) is 5.20. The Kier molecular flexibility index (Phi) is 11.1. The van der Waals surface area contributed by atoms with Gasteiger partial charge >= 0.3 is 12.1 Å². The van der Waals surface area contributed by atoms with Crippen molar-refractivity contribution in [3.8, 4) is 11.4 Å². The van der Waals surface area contributed by atoms with Crippen LogP contribution in [0, 0.1) is 30.3 Å². The zero-order valence-corrected chi connectivity index (χ0v) is 25.7. The average molecular weight is 644 g/mol. The summed E-state index contributed by atoms with van der Waals surface area (Å²) < 4.78 is 61.8. The molecule has 1 amide bonds. The van der Waals surface area contributed by atoms with E-state index in [2.05, 4.69) is 5.32 Å². The van der Waals surface area contributed by atoms with Crippen molar-refractivity contribution in [2.45, 2.75) is 65.0 Å². The van der Waals surface area contributed by atoms with Crippen LogP contribution in [-0.2, 0) is 14.3 Å². The summed E-state index contributed by atoms with van der Waals surface area (Å²) in [6.07, 6.45) is 2.08. The monoisotopic (exact) mass is 643 g/mol. The van der Waals surface area contributed by atoms with Crippen molar-refractivity contribution < 1.29 is 41.8 Å².